The van der Waals surface area contributed by atoms with Gasteiger partial charge in [0.1, 0.15) is 5.15 Å². The van der Waals surface area contributed by atoms with Crippen molar-refractivity contribution in [2.75, 3.05) is 43.6 Å². The quantitative estimate of drug-likeness (QED) is 0.855. The molecule has 2 aromatic rings. The predicted octanol–water partition coefficient (Wildman–Crippen LogP) is 2.30. The number of rotatable bonds is 2. The summed E-state index contributed by atoms with van der Waals surface area (Å²) in [6, 6.07) is 5.78. The number of nitrogens with zero attached hydrogens (tertiary/aromatic N) is 3. The maximum absolute atomic E-state index is 11.2. The van der Waals surface area contributed by atoms with Gasteiger partial charge in [-0.05, 0) is 18.2 Å². The number of halogens is 1. The van der Waals surface area contributed by atoms with Crippen LogP contribution < -0.4 is 10.2 Å². The van der Waals surface area contributed by atoms with E-state index in [0.717, 1.165) is 24.2 Å². The molecule has 8 heteroatoms. The van der Waals surface area contributed by atoms with Gasteiger partial charge in [-0.3, -0.25) is 5.32 Å². The first kappa shape index (κ1) is 14.8. The van der Waals surface area contributed by atoms with Crippen LogP contribution in [0.15, 0.2) is 18.2 Å². The van der Waals surface area contributed by atoms with Crippen molar-refractivity contribution in [3.63, 3.8) is 0 Å². The summed E-state index contributed by atoms with van der Waals surface area (Å²) in [6.07, 6.45) is -0.639. The highest BCUT2D eigenvalue weighted by Gasteiger charge is 2.14. The third kappa shape index (κ3) is 3.05. The maximum atomic E-state index is 11.2. The second-order valence-corrected chi connectivity index (χ2v) is 5.11. The number of aromatic nitrogens is 2. The molecule has 0 saturated carbocycles. The molecule has 7 nitrogen and oxygen atoms in total. The molecule has 1 fully saturated rings. The summed E-state index contributed by atoms with van der Waals surface area (Å²) >= 11 is 6.21. The molecule has 22 heavy (non-hydrogen) atoms. The number of ether oxygens (including phenoxy) is 2. The summed E-state index contributed by atoms with van der Waals surface area (Å²) in [5.74, 6) is 0.114. The molecule has 0 spiro atoms. The van der Waals surface area contributed by atoms with Crippen molar-refractivity contribution >= 4 is 40.2 Å². The van der Waals surface area contributed by atoms with Crippen LogP contribution in [0, 0.1) is 0 Å². The second-order valence-electron chi connectivity index (χ2n) is 4.76. The number of fused-ring (bicyclic) bond motifs is 1. The fraction of sp³-hybridized carbons (Fsp3) is 0.357. The van der Waals surface area contributed by atoms with E-state index in [1.165, 1.54) is 7.11 Å². The highest BCUT2D eigenvalue weighted by Crippen LogP contribution is 2.27. The van der Waals surface area contributed by atoms with Crippen molar-refractivity contribution in [3.8, 4) is 0 Å². The van der Waals surface area contributed by atoms with Crippen LogP contribution in [0.5, 0.6) is 0 Å². The van der Waals surface area contributed by atoms with E-state index in [4.69, 9.17) is 16.3 Å². The zero-order valence-electron chi connectivity index (χ0n) is 12.0. The summed E-state index contributed by atoms with van der Waals surface area (Å²) in [7, 11) is 1.27. The van der Waals surface area contributed by atoms with Crippen LogP contribution in [-0.4, -0.2) is 49.5 Å². The molecule has 1 aliphatic rings. The van der Waals surface area contributed by atoms with Crippen molar-refractivity contribution in [2.45, 2.75) is 0 Å². The Balaban J connectivity index is 1.93. The third-order valence-corrected chi connectivity index (χ3v) is 3.70. The smallest absolute Gasteiger partial charge is 0.413 e. The van der Waals surface area contributed by atoms with Gasteiger partial charge in [0, 0.05) is 24.2 Å². The Bertz CT molecular complexity index is 704. The number of carbonyl (C=O) groups is 1. The predicted molar refractivity (Wildman–Crippen MR) is 83.6 cm³/mol. The molecule has 1 amide bonds. The van der Waals surface area contributed by atoms with Crippen LogP contribution in [0.25, 0.3) is 10.9 Å². The highest BCUT2D eigenvalue weighted by atomic mass is 35.5. The largest absolute Gasteiger partial charge is 0.453 e. The van der Waals surface area contributed by atoms with E-state index in [-0.39, 0.29) is 11.1 Å². The minimum Gasteiger partial charge on any atom is -0.453 e. The van der Waals surface area contributed by atoms with Crippen molar-refractivity contribution in [2.24, 2.45) is 0 Å². The first-order chi connectivity index (χ1) is 10.7. The van der Waals surface area contributed by atoms with Gasteiger partial charge in [-0.15, -0.1) is 0 Å². The van der Waals surface area contributed by atoms with E-state index >= 15 is 0 Å². The Kier molecular flexibility index (Phi) is 4.26. The lowest BCUT2D eigenvalue weighted by Gasteiger charge is -2.29. The van der Waals surface area contributed by atoms with Gasteiger partial charge in [0.2, 0.25) is 5.95 Å². The lowest BCUT2D eigenvalue weighted by molar-refractivity contribution is 0.122. The average molecular weight is 323 g/mol. The molecular weight excluding hydrogens is 308 g/mol. The first-order valence-corrected chi connectivity index (χ1v) is 7.20. The first-order valence-electron chi connectivity index (χ1n) is 6.82. The Hall–Kier alpha value is -2.12. The Labute approximate surface area is 132 Å². The fourth-order valence-corrected chi connectivity index (χ4v) is 2.53. The van der Waals surface area contributed by atoms with Gasteiger partial charge in [0.05, 0.1) is 25.8 Å². The highest BCUT2D eigenvalue weighted by molar-refractivity contribution is 6.34. The van der Waals surface area contributed by atoms with E-state index < -0.39 is 6.09 Å². The minimum atomic E-state index is -0.639. The van der Waals surface area contributed by atoms with Crippen LogP contribution in [-0.2, 0) is 9.47 Å². The third-order valence-electron chi connectivity index (χ3n) is 3.41. The van der Waals surface area contributed by atoms with Crippen molar-refractivity contribution in [3.05, 3.63) is 23.4 Å². The van der Waals surface area contributed by atoms with Gasteiger partial charge in [0.25, 0.3) is 0 Å². The van der Waals surface area contributed by atoms with Crippen molar-refractivity contribution in [1.29, 1.82) is 0 Å². The summed E-state index contributed by atoms with van der Waals surface area (Å²) in [4.78, 5) is 21.8. The molecule has 0 atom stereocenters. The fourth-order valence-electron chi connectivity index (χ4n) is 2.30. The van der Waals surface area contributed by atoms with Crippen LogP contribution in [0.4, 0.5) is 16.4 Å². The van der Waals surface area contributed by atoms with E-state index in [9.17, 15) is 4.79 Å². The maximum Gasteiger partial charge on any atom is 0.413 e. The van der Waals surface area contributed by atoms with Crippen molar-refractivity contribution in [1.82, 2.24) is 9.97 Å². The second kappa shape index (κ2) is 6.33. The minimum absolute atomic E-state index is 0.114. The molecule has 1 N–H and O–H groups in total. The lowest BCUT2D eigenvalue weighted by Crippen LogP contribution is -2.36. The van der Waals surface area contributed by atoms with E-state index in [2.05, 4.69) is 24.9 Å². The van der Waals surface area contributed by atoms with E-state index in [1.54, 1.807) is 0 Å². The van der Waals surface area contributed by atoms with Crippen LogP contribution in [0.2, 0.25) is 5.15 Å². The molecule has 1 saturated heterocycles. The van der Waals surface area contributed by atoms with Gasteiger partial charge in [0.15, 0.2) is 0 Å². The lowest BCUT2D eigenvalue weighted by atomic mass is 10.2. The Morgan fingerprint density at radius 1 is 1.36 bits per heavy atom. The molecule has 0 radical (unpaired) electrons. The summed E-state index contributed by atoms with van der Waals surface area (Å²) in [6.45, 7) is 3.10. The molecule has 0 aliphatic carbocycles. The zero-order valence-corrected chi connectivity index (χ0v) is 12.8. The van der Waals surface area contributed by atoms with Crippen LogP contribution in [0.1, 0.15) is 0 Å². The Morgan fingerprint density at radius 2 is 2.14 bits per heavy atom. The van der Waals surface area contributed by atoms with Gasteiger partial charge < -0.3 is 14.4 Å². The van der Waals surface area contributed by atoms with E-state index in [0.29, 0.717) is 18.7 Å². The molecule has 2 heterocycles. The molecule has 116 valence electrons. The summed E-state index contributed by atoms with van der Waals surface area (Å²) < 4.78 is 9.86. The number of hydrogen-bond donors (Lipinski definition) is 1. The number of methoxy groups -OCH3 is 1. The normalized spacial score (nSPS) is 14.9. The number of benzene rings is 1. The molecule has 0 bridgehead atoms. The number of nitrogens with one attached hydrogen (secondary N) is 1. The number of anilines is 2. The van der Waals surface area contributed by atoms with Crippen molar-refractivity contribution < 1.29 is 14.3 Å². The zero-order chi connectivity index (χ0) is 15.5. The van der Waals surface area contributed by atoms with Gasteiger partial charge >= 0.3 is 6.09 Å². The average Bonchev–Trinajstić information content (AvgIpc) is 2.55. The number of amides is 1. The number of carbonyl (C=O) groups excluding carboxylic acids is 1. The van der Waals surface area contributed by atoms with Gasteiger partial charge in [-0.25, -0.2) is 14.8 Å². The molecule has 3 rings (SSSR count). The summed E-state index contributed by atoms with van der Waals surface area (Å²) in [5.41, 5.74) is 1.71. The van der Waals surface area contributed by atoms with Crippen LogP contribution in [0.3, 0.4) is 0 Å². The van der Waals surface area contributed by atoms with E-state index in [1.807, 2.05) is 18.2 Å². The molecule has 1 aromatic carbocycles. The number of hydrogen-bond acceptors (Lipinski definition) is 6. The Morgan fingerprint density at radius 3 is 2.86 bits per heavy atom. The SMILES string of the molecule is COC(=O)Nc1nc(Cl)c2cc(N3CCOCC3)ccc2n1. The number of morpholine rings is 1. The van der Waals surface area contributed by atoms with Gasteiger partial charge in [-0.1, -0.05) is 11.6 Å². The summed E-state index contributed by atoms with van der Waals surface area (Å²) in [5, 5.41) is 3.43. The molecule has 1 aliphatic heterocycles. The monoisotopic (exact) mass is 322 g/mol. The standard InChI is InChI=1S/C14H15ClN4O3/c1-21-14(20)18-13-16-11-3-2-9(8-10(11)12(15)17-13)19-4-6-22-7-5-19/h2-3,8H,4-7H2,1H3,(H,16,17,18,20). The molecule has 0 unspecified atom stereocenters. The topological polar surface area (TPSA) is 76.6 Å². The van der Waals surface area contributed by atoms with Gasteiger partial charge in [-0.2, -0.15) is 0 Å². The van der Waals surface area contributed by atoms with Crippen LogP contribution >= 0.6 is 11.6 Å². The molecular formula is C14H15ClN4O3. The molecule has 1 aromatic heterocycles.